The first-order valence-electron chi connectivity index (χ1n) is 12.3. The van der Waals surface area contributed by atoms with Crippen LogP contribution in [-0.4, -0.2) is 6.54 Å². The topological polar surface area (TPSA) is 20.3 Å². The molecule has 1 aliphatic rings. The summed E-state index contributed by atoms with van der Waals surface area (Å²) in [6.45, 7) is 3.06. The number of hydrogen-bond donors (Lipinski definition) is 0. The molecule has 3 heteroatoms. The van der Waals surface area contributed by atoms with Gasteiger partial charge < -0.3 is 4.67 Å². The first-order valence-corrected chi connectivity index (χ1v) is 14.0. The minimum absolute atomic E-state index is 0.804. The van der Waals surface area contributed by atoms with Gasteiger partial charge in [0, 0.05) is 22.7 Å². The summed E-state index contributed by atoms with van der Waals surface area (Å²) in [7, 11) is -3.00. The summed E-state index contributed by atoms with van der Waals surface area (Å²) in [6.07, 6.45) is 7.32. The summed E-state index contributed by atoms with van der Waals surface area (Å²) in [6, 6.07) is 31.4. The average molecular weight is 454 g/mol. The van der Waals surface area contributed by atoms with E-state index >= 15 is 4.57 Å². The van der Waals surface area contributed by atoms with Crippen molar-refractivity contribution in [2.24, 2.45) is 0 Å². The van der Waals surface area contributed by atoms with Crippen molar-refractivity contribution in [2.45, 2.75) is 45.4 Å². The van der Waals surface area contributed by atoms with Gasteiger partial charge in [-0.1, -0.05) is 106 Å². The van der Waals surface area contributed by atoms with Gasteiger partial charge in [-0.2, -0.15) is 0 Å². The molecule has 1 heterocycles. The zero-order valence-corrected chi connectivity index (χ0v) is 20.3. The Labute approximate surface area is 197 Å². The minimum Gasteiger partial charge on any atom is -0.315 e. The molecule has 0 spiro atoms. The Morgan fingerprint density at radius 1 is 0.697 bits per heavy atom. The fraction of sp³-hybridized carbons (Fsp3) is 0.267. The Hall–Kier alpha value is -2.83. The third-order valence-corrected chi connectivity index (χ3v) is 9.99. The highest BCUT2D eigenvalue weighted by molar-refractivity contribution is 7.80. The van der Waals surface area contributed by atoms with Crippen LogP contribution in [0.4, 0.5) is 5.69 Å². The van der Waals surface area contributed by atoms with Gasteiger partial charge in [0.15, 0.2) is 0 Å². The smallest absolute Gasteiger partial charge is 0.230 e. The van der Waals surface area contributed by atoms with Crippen LogP contribution in [0.1, 0.15) is 45.4 Å². The Morgan fingerprint density at radius 2 is 1.39 bits per heavy atom. The molecular weight excluding hydrogens is 421 g/mol. The first kappa shape index (κ1) is 22.0. The van der Waals surface area contributed by atoms with Crippen LogP contribution in [0.25, 0.3) is 21.9 Å². The second kappa shape index (κ2) is 9.57. The van der Waals surface area contributed by atoms with Crippen LogP contribution >= 0.6 is 7.29 Å². The zero-order valence-electron chi connectivity index (χ0n) is 19.4. The second-order valence-corrected chi connectivity index (χ2v) is 11.6. The molecule has 1 aliphatic heterocycles. The predicted octanol–water partition coefficient (Wildman–Crippen LogP) is 7.92. The molecule has 0 radical (unpaired) electrons. The lowest BCUT2D eigenvalue weighted by Crippen LogP contribution is -2.37. The fourth-order valence-electron chi connectivity index (χ4n) is 5.20. The fourth-order valence-corrected chi connectivity index (χ4v) is 8.29. The Kier molecular flexibility index (Phi) is 6.38. The number of fused-ring (bicyclic) bond motifs is 5. The van der Waals surface area contributed by atoms with E-state index in [1.165, 1.54) is 48.4 Å². The number of benzene rings is 4. The van der Waals surface area contributed by atoms with Gasteiger partial charge in [0.2, 0.25) is 7.29 Å². The van der Waals surface area contributed by atoms with E-state index < -0.39 is 7.29 Å². The van der Waals surface area contributed by atoms with Crippen molar-refractivity contribution >= 4 is 34.4 Å². The molecule has 4 aromatic rings. The van der Waals surface area contributed by atoms with Gasteiger partial charge in [-0.15, -0.1) is 0 Å². The average Bonchev–Trinajstić information content (AvgIpc) is 2.88. The standard InChI is InChI=1S/C30H32NOP/c1-2-3-4-5-6-14-23-31-28-22-21-24-15-10-11-18-26(24)30(28)27-19-12-13-20-29(27)33(31,32)25-16-8-7-9-17-25/h7-13,15-22H,2-6,14,23H2,1H3. The van der Waals surface area contributed by atoms with Gasteiger partial charge in [0.05, 0.1) is 5.69 Å². The van der Waals surface area contributed by atoms with Crippen molar-refractivity contribution in [3.8, 4) is 11.1 Å². The summed E-state index contributed by atoms with van der Waals surface area (Å²) in [5, 5.41) is 4.34. The number of anilines is 1. The lowest BCUT2D eigenvalue weighted by Gasteiger charge is -2.40. The molecule has 5 rings (SSSR count). The Morgan fingerprint density at radius 3 is 2.24 bits per heavy atom. The highest BCUT2D eigenvalue weighted by Gasteiger charge is 2.41. The van der Waals surface area contributed by atoms with E-state index in [2.05, 4.69) is 66.2 Å². The predicted molar refractivity (Wildman–Crippen MR) is 143 cm³/mol. The second-order valence-electron chi connectivity index (χ2n) is 9.00. The highest BCUT2D eigenvalue weighted by atomic mass is 31.2. The van der Waals surface area contributed by atoms with Crippen LogP contribution in [0.5, 0.6) is 0 Å². The van der Waals surface area contributed by atoms with E-state index in [0.29, 0.717) is 0 Å². The molecular formula is C30H32NOP. The number of nitrogens with zero attached hydrogens (tertiary/aromatic N) is 1. The molecule has 168 valence electrons. The first-order chi connectivity index (χ1) is 16.2. The van der Waals surface area contributed by atoms with E-state index in [0.717, 1.165) is 34.8 Å². The van der Waals surface area contributed by atoms with E-state index in [1.54, 1.807) is 0 Å². The van der Waals surface area contributed by atoms with Crippen molar-refractivity contribution in [1.29, 1.82) is 0 Å². The molecule has 0 bridgehead atoms. The van der Waals surface area contributed by atoms with Gasteiger partial charge in [-0.3, -0.25) is 4.57 Å². The molecule has 0 aromatic heterocycles. The highest BCUT2D eigenvalue weighted by Crippen LogP contribution is 2.58. The molecule has 33 heavy (non-hydrogen) atoms. The molecule has 1 unspecified atom stereocenters. The molecule has 0 amide bonds. The van der Waals surface area contributed by atoms with Gasteiger partial charge in [0.1, 0.15) is 0 Å². The molecule has 4 aromatic carbocycles. The van der Waals surface area contributed by atoms with Gasteiger partial charge in [-0.25, -0.2) is 0 Å². The van der Waals surface area contributed by atoms with Gasteiger partial charge >= 0.3 is 0 Å². The van der Waals surface area contributed by atoms with E-state index in [1.807, 2.05) is 36.4 Å². The van der Waals surface area contributed by atoms with E-state index in [9.17, 15) is 0 Å². The maximum absolute atomic E-state index is 15.2. The SMILES string of the molecule is CCCCCCCCN1c2ccc3ccccc3c2-c2ccccc2P1(=O)c1ccccc1. The number of unbranched alkanes of at least 4 members (excludes halogenated alkanes) is 5. The van der Waals surface area contributed by atoms with Crippen LogP contribution in [0.2, 0.25) is 0 Å². The number of hydrogen-bond acceptors (Lipinski definition) is 1. The largest absolute Gasteiger partial charge is 0.315 e. The summed E-state index contributed by atoms with van der Waals surface area (Å²) in [5.74, 6) is 0. The van der Waals surface area contributed by atoms with Gasteiger partial charge in [0.25, 0.3) is 0 Å². The molecule has 1 atom stereocenters. The summed E-state index contributed by atoms with van der Waals surface area (Å²) < 4.78 is 17.4. The maximum Gasteiger partial charge on any atom is 0.230 e. The zero-order chi connectivity index (χ0) is 22.7. The van der Waals surface area contributed by atoms with Crippen LogP contribution in [-0.2, 0) is 4.57 Å². The van der Waals surface area contributed by atoms with E-state index in [4.69, 9.17) is 0 Å². The van der Waals surface area contributed by atoms with Crippen LogP contribution < -0.4 is 15.3 Å². The van der Waals surface area contributed by atoms with Crippen molar-refractivity contribution in [3.63, 3.8) is 0 Å². The molecule has 0 saturated carbocycles. The quantitative estimate of drug-likeness (QED) is 0.199. The molecule has 0 aliphatic carbocycles. The lowest BCUT2D eigenvalue weighted by atomic mass is 9.96. The van der Waals surface area contributed by atoms with Crippen LogP contribution in [0, 0.1) is 0 Å². The van der Waals surface area contributed by atoms with Crippen molar-refractivity contribution in [3.05, 3.63) is 91.0 Å². The number of rotatable bonds is 8. The Bertz CT molecular complexity index is 1300. The lowest BCUT2D eigenvalue weighted by molar-refractivity contribution is 0.577. The maximum atomic E-state index is 15.2. The van der Waals surface area contributed by atoms with E-state index in [-0.39, 0.29) is 0 Å². The Balaban J connectivity index is 1.66. The van der Waals surface area contributed by atoms with Crippen molar-refractivity contribution < 1.29 is 4.57 Å². The van der Waals surface area contributed by atoms with Crippen molar-refractivity contribution in [2.75, 3.05) is 11.2 Å². The van der Waals surface area contributed by atoms with Crippen molar-refractivity contribution in [1.82, 2.24) is 0 Å². The van der Waals surface area contributed by atoms with Crippen LogP contribution in [0.3, 0.4) is 0 Å². The monoisotopic (exact) mass is 453 g/mol. The molecule has 0 N–H and O–H groups in total. The molecule has 2 nitrogen and oxygen atoms in total. The van der Waals surface area contributed by atoms with Gasteiger partial charge in [-0.05, 0) is 47.0 Å². The van der Waals surface area contributed by atoms with Crippen LogP contribution in [0.15, 0.2) is 91.0 Å². The molecule has 0 saturated heterocycles. The minimum atomic E-state index is -3.00. The third-order valence-electron chi connectivity index (χ3n) is 6.85. The summed E-state index contributed by atoms with van der Waals surface area (Å²) in [4.78, 5) is 0. The third kappa shape index (κ3) is 3.91. The normalized spacial score (nSPS) is 17.1. The summed E-state index contributed by atoms with van der Waals surface area (Å²) in [5.41, 5.74) is 3.43. The summed E-state index contributed by atoms with van der Waals surface area (Å²) >= 11 is 0. The molecule has 0 fully saturated rings.